The van der Waals surface area contributed by atoms with Crippen LogP contribution < -0.4 is 5.73 Å². The van der Waals surface area contributed by atoms with Crippen LogP contribution in [0.1, 0.15) is 20.3 Å². The van der Waals surface area contributed by atoms with Gasteiger partial charge in [-0.2, -0.15) is 0 Å². The highest BCUT2D eigenvalue weighted by Gasteiger charge is 2.11. The number of allylic oxidation sites excluding steroid dienone is 3. The van der Waals surface area contributed by atoms with Crippen molar-refractivity contribution < 1.29 is 4.79 Å². The number of amidine groups is 1. The van der Waals surface area contributed by atoms with Crippen LogP contribution >= 0.6 is 0 Å². The first-order chi connectivity index (χ1) is 6.54. The third-order valence-corrected chi connectivity index (χ3v) is 2.02. The lowest BCUT2D eigenvalue weighted by Gasteiger charge is -1.99. The van der Waals surface area contributed by atoms with Crippen LogP contribution in [0.4, 0.5) is 0 Å². The zero-order chi connectivity index (χ0) is 10.7. The van der Waals surface area contributed by atoms with Gasteiger partial charge in [0.25, 0.3) is 0 Å². The first kappa shape index (κ1) is 10.4. The summed E-state index contributed by atoms with van der Waals surface area (Å²) in [6, 6.07) is 0. The fourth-order valence-corrected chi connectivity index (χ4v) is 1.24. The van der Waals surface area contributed by atoms with E-state index in [1.165, 1.54) is 6.92 Å². The van der Waals surface area contributed by atoms with Crippen molar-refractivity contribution in [3.8, 4) is 0 Å². The zero-order valence-electron chi connectivity index (χ0n) is 8.29. The summed E-state index contributed by atoms with van der Waals surface area (Å²) in [6.07, 6.45) is 3.25. The van der Waals surface area contributed by atoms with E-state index in [1.807, 2.05) is 6.92 Å². The van der Waals surface area contributed by atoms with Crippen molar-refractivity contribution in [3.63, 3.8) is 0 Å². The Hall–Kier alpha value is -1.71. The Morgan fingerprint density at radius 2 is 2.36 bits per heavy atom. The molecule has 0 aromatic carbocycles. The van der Waals surface area contributed by atoms with Gasteiger partial charge >= 0.3 is 0 Å². The predicted octanol–water partition coefficient (Wildman–Crippen LogP) is 1.19. The average molecular weight is 191 g/mol. The van der Waals surface area contributed by atoms with Gasteiger partial charge in [-0.25, -0.2) is 4.99 Å². The van der Waals surface area contributed by atoms with Crippen LogP contribution in [0.15, 0.2) is 27.9 Å². The summed E-state index contributed by atoms with van der Waals surface area (Å²) in [5.41, 5.74) is 7.56. The molecule has 0 radical (unpaired) electrons. The summed E-state index contributed by atoms with van der Waals surface area (Å²) in [7, 11) is 0. The standard InChI is InChI=1S/C10H13N3O/c1-6-3-8(7(2)14)4-10(12)13-9(6)5-11/h3,5,11H,4H2,1-2H3,(H2,12,13). The van der Waals surface area contributed by atoms with E-state index < -0.39 is 0 Å². The number of hydrogen-bond donors (Lipinski definition) is 2. The molecule has 0 amide bonds. The van der Waals surface area contributed by atoms with Crippen molar-refractivity contribution in [2.45, 2.75) is 20.3 Å². The molecule has 0 spiro atoms. The number of Topliss-reactive ketones (excluding diaryl/α,β-unsaturated/α-hetero) is 1. The second-order valence-corrected chi connectivity index (χ2v) is 3.22. The van der Waals surface area contributed by atoms with Crippen LogP contribution in [0.2, 0.25) is 0 Å². The van der Waals surface area contributed by atoms with Crippen LogP contribution in [-0.2, 0) is 4.79 Å². The number of carbonyl (C=O) groups is 1. The first-order valence-electron chi connectivity index (χ1n) is 4.30. The lowest BCUT2D eigenvalue weighted by atomic mass is 10.1. The molecular weight excluding hydrogens is 178 g/mol. The molecule has 0 unspecified atom stereocenters. The Balaban J connectivity index is 3.21. The molecule has 0 saturated heterocycles. The Morgan fingerprint density at radius 3 is 2.86 bits per heavy atom. The first-order valence-corrected chi connectivity index (χ1v) is 4.30. The van der Waals surface area contributed by atoms with Gasteiger partial charge in [-0.3, -0.25) is 4.79 Å². The van der Waals surface area contributed by atoms with E-state index in [1.54, 1.807) is 6.08 Å². The molecule has 4 heteroatoms. The maximum absolute atomic E-state index is 11.2. The normalized spacial score (nSPS) is 17.0. The number of ketones is 1. The van der Waals surface area contributed by atoms with Crippen LogP contribution in [0.3, 0.4) is 0 Å². The zero-order valence-corrected chi connectivity index (χ0v) is 8.29. The summed E-state index contributed by atoms with van der Waals surface area (Å²) >= 11 is 0. The van der Waals surface area contributed by atoms with Gasteiger partial charge in [0.15, 0.2) is 5.78 Å². The van der Waals surface area contributed by atoms with Crippen LogP contribution in [0, 0.1) is 5.41 Å². The van der Waals surface area contributed by atoms with Gasteiger partial charge in [-0.1, -0.05) is 0 Å². The lowest BCUT2D eigenvalue weighted by Crippen LogP contribution is -2.14. The largest absolute Gasteiger partial charge is 0.387 e. The highest BCUT2D eigenvalue weighted by atomic mass is 16.1. The highest BCUT2D eigenvalue weighted by Crippen LogP contribution is 2.16. The molecule has 1 heterocycles. The minimum Gasteiger partial charge on any atom is -0.387 e. The molecular formula is C10H13N3O. The Morgan fingerprint density at radius 1 is 1.71 bits per heavy atom. The number of nitrogens with zero attached hydrogens (tertiary/aromatic N) is 1. The van der Waals surface area contributed by atoms with Gasteiger partial charge < -0.3 is 11.1 Å². The van der Waals surface area contributed by atoms with E-state index in [0.717, 1.165) is 11.8 Å². The van der Waals surface area contributed by atoms with Crippen LogP contribution in [0.25, 0.3) is 0 Å². The van der Waals surface area contributed by atoms with Crippen molar-refractivity contribution in [2.75, 3.05) is 0 Å². The van der Waals surface area contributed by atoms with Gasteiger partial charge in [0.2, 0.25) is 0 Å². The van der Waals surface area contributed by atoms with Crippen molar-refractivity contribution in [2.24, 2.45) is 10.7 Å². The van der Waals surface area contributed by atoms with Crippen LogP contribution in [0.5, 0.6) is 0 Å². The topological polar surface area (TPSA) is 79.3 Å². The number of nitrogens with two attached hydrogens (primary N) is 1. The van der Waals surface area contributed by atoms with Gasteiger partial charge in [0.1, 0.15) is 5.84 Å². The Bertz CT molecular complexity index is 375. The maximum Gasteiger partial charge on any atom is 0.156 e. The highest BCUT2D eigenvalue weighted by molar-refractivity contribution is 6.01. The molecule has 0 bridgehead atoms. The van der Waals surface area contributed by atoms with Gasteiger partial charge in [0.05, 0.1) is 5.70 Å². The van der Waals surface area contributed by atoms with E-state index in [4.69, 9.17) is 11.1 Å². The molecule has 14 heavy (non-hydrogen) atoms. The van der Waals surface area contributed by atoms with E-state index >= 15 is 0 Å². The molecule has 0 saturated carbocycles. The monoisotopic (exact) mass is 191 g/mol. The number of carbonyl (C=O) groups excluding carboxylic acids is 1. The summed E-state index contributed by atoms with van der Waals surface area (Å²) < 4.78 is 0. The number of rotatable bonds is 2. The predicted molar refractivity (Wildman–Crippen MR) is 56.5 cm³/mol. The fourth-order valence-electron chi connectivity index (χ4n) is 1.24. The van der Waals surface area contributed by atoms with E-state index in [0.29, 0.717) is 23.5 Å². The SMILES string of the molecule is CC(=O)C1=CC(C)=C(C=N)N=C(N)C1. The summed E-state index contributed by atoms with van der Waals surface area (Å²) in [4.78, 5) is 15.2. The number of nitrogens with one attached hydrogen (secondary N) is 1. The van der Waals surface area contributed by atoms with Gasteiger partial charge in [0, 0.05) is 18.2 Å². The molecule has 3 N–H and O–H groups in total. The van der Waals surface area contributed by atoms with Crippen LogP contribution in [-0.4, -0.2) is 17.8 Å². The van der Waals surface area contributed by atoms with Crippen molar-refractivity contribution in [1.82, 2.24) is 0 Å². The van der Waals surface area contributed by atoms with Gasteiger partial charge in [-0.15, -0.1) is 0 Å². The van der Waals surface area contributed by atoms with Crippen molar-refractivity contribution in [1.29, 1.82) is 5.41 Å². The minimum atomic E-state index is -0.00580. The summed E-state index contributed by atoms with van der Waals surface area (Å²) in [5, 5.41) is 7.13. The quantitative estimate of drug-likeness (QED) is 0.643. The number of hydrogen-bond acceptors (Lipinski definition) is 4. The smallest absolute Gasteiger partial charge is 0.156 e. The van der Waals surface area contributed by atoms with Gasteiger partial charge in [-0.05, 0) is 25.5 Å². The third kappa shape index (κ3) is 2.16. The fraction of sp³-hybridized carbons (Fsp3) is 0.300. The summed E-state index contributed by atoms with van der Waals surface area (Å²) in [5.74, 6) is 0.371. The minimum absolute atomic E-state index is 0.00580. The molecule has 0 aliphatic carbocycles. The van der Waals surface area contributed by atoms with Crippen molar-refractivity contribution in [3.05, 3.63) is 22.9 Å². The van der Waals surface area contributed by atoms with E-state index in [9.17, 15) is 4.79 Å². The molecule has 0 fully saturated rings. The van der Waals surface area contributed by atoms with E-state index in [2.05, 4.69) is 4.99 Å². The molecule has 1 rings (SSSR count). The maximum atomic E-state index is 11.2. The average Bonchev–Trinajstić information content (AvgIpc) is 2.25. The number of aliphatic imine (C=N–C) groups is 1. The second kappa shape index (κ2) is 4.00. The molecule has 0 aromatic rings. The lowest BCUT2D eigenvalue weighted by molar-refractivity contribution is -0.113. The Kier molecular flexibility index (Phi) is 2.96. The second-order valence-electron chi connectivity index (χ2n) is 3.22. The molecule has 0 aromatic heterocycles. The molecule has 4 nitrogen and oxygen atoms in total. The molecule has 74 valence electrons. The molecule has 1 aliphatic heterocycles. The molecule has 1 aliphatic rings. The van der Waals surface area contributed by atoms with E-state index in [-0.39, 0.29) is 5.78 Å². The van der Waals surface area contributed by atoms with Crippen molar-refractivity contribution >= 4 is 17.8 Å². The Labute approximate surface area is 82.7 Å². The molecule has 0 atom stereocenters. The summed E-state index contributed by atoms with van der Waals surface area (Å²) in [6.45, 7) is 3.31. The third-order valence-electron chi connectivity index (χ3n) is 2.02.